The number of unbranched alkanes of at least 4 members (excludes halogenated alkanes) is 2. The van der Waals surface area contributed by atoms with Gasteiger partial charge in [0.05, 0.1) is 6.42 Å². The van der Waals surface area contributed by atoms with Gasteiger partial charge >= 0.3 is 11.7 Å². The number of aromatic nitrogens is 2. The molecule has 0 aliphatic carbocycles. The molecule has 1 aromatic rings. The number of carbonyl (C=O) groups is 1. The number of aliphatic carboxylic acids is 1. The van der Waals surface area contributed by atoms with Gasteiger partial charge < -0.3 is 5.11 Å². The van der Waals surface area contributed by atoms with Crippen molar-refractivity contribution in [2.24, 2.45) is 0 Å². The molecule has 1 heterocycles. The van der Waals surface area contributed by atoms with Crippen molar-refractivity contribution in [2.75, 3.05) is 0 Å². The summed E-state index contributed by atoms with van der Waals surface area (Å²) in [6.07, 6.45) is 4.15. The van der Waals surface area contributed by atoms with Gasteiger partial charge in [0.1, 0.15) is 0 Å². The molecule has 1 rings (SSSR count). The molecule has 1 unspecified atom stereocenters. The van der Waals surface area contributed by atoms with Gasteiger partial charge in [0.25, 0.3) is 0 Å². The van der Waals surface area contributed by atoms with E-state index in [1.165, 1.54) is 0 Å². The summed E-state index contributed by atoms with van der Waals surface area (Å²) in [6.45, 7) is 7.63. The van der Waals surface area contributed by atoms with Crippen molar-refractivity contribution in [2.45, 2.75) is 65.8 Å². The minimum absolute atomic E-state index is 0.0506. The van der Waals surface area contributed by atoms with Crippen molar-refractivity contribution >= 4 is 5.97 Å². The van der Waals surface area contributed by atoms with Crippen LogP contribution in [0.2, 0.25) is 0 Å². The van der Waals surface area contributed by atoms with Crippen LogP contribution in [0.1, 0.15) is 62.5 Å². The zero-order valence-corrected chi connectivity index (χ0v) is 12.8. The highest BCUT2D eigenvalue weighted by atomic mass is 16.4. The second-order valence-corrected chi connectivity index (χ2v) is 5.33. The highest BCUT2D eigenvalue weighted by Gasteiger charge is 2.17. The smallest absolute Gasteiger partial charge is 0.348 e. The Morgan fingerprint density at radius 1 is 1.35 bits per heavy atom. The number of carboxylic acids is 1. The van der Waals surface area contributed by atoms with Crippen molar-refractivity contribution in [3.63, 3.8) is 0 Å². The first-order chi connectivity index (χ1) is 9.38. The van der Waals surface area contributed by atoms with Gasteiger partial charge in [-0.2, -0.15) is 4.98 Å². The Hall–Kier alpha value is -1.65. The highest BCUT2D eigenvalue weighted by Crippen LogP contribution is 2.18. The topological polar surface area (TPSA) is 72.2 Å². The second kappa shape index (κ2) is 7.22. The van der Waals surface area contributed by atoms with Crippen LogP contribution in [0.4, 0.5) is 0 Å². The van der Waals surface area contributed by atoms with Crippen molar-refractivity contribution in [1.82, 2.24) is 9.55 Å². The average molecular weight is 280 g/mol. The van der Waals surface area contributed by atoms with Gasteiger partial charge in [-0.15, -0.1) is 0 Å². The fourth-order valence-corrected chi connectivity index (χ4v) is 2.56. The third-order valence-electron chi connectivity index (χ3n) is 3.70. The zero-order chi connectivity index (χ0) is 15.3. The van der Waals surface area contributed by atoms with Crippen LogP contribution in [0.5, 0.6) is 0 Å². The lowest BCUT2D eigenvalue weighted by atomic mass is 10.1. The Labute approximate surface area is 119 Å². The molecule has 20 heavy (non-hydrogen) atoms. The quantitative estimate of drug-likeness (QED) is 0.779. The van der Waals surface area contributed by atoms with Gasteiger partial charge in [-0.25, -0.2) is 4.79 Å². The maximum absolute atomic E-state index is 12.1. The van der Waals surface area contributed by atoms with Crippen molar-refractivity contribution in [3.8, 4) is 0 Å². The molecule has 0 radical (unpaired) electrons. The van der Waals surface area contributed by atoms with E-state index < -0.39 is 5.97 Å². The molecule has 0 fully saturated rings. The van der Waals surface area contributed by atoms with Crippen LogP contribution in [0, 0.1) is 13.8 Å². The Kier molecular flexibility index (Phi) is 5.92. The number of hydrogen-bond acceptors (Lipinski definition) is 3. The summed E-state index contributed by atoms with van der Waals surface area (Å²) in [5.41, 5.74) is 1.62. The van der Waals surface area contributed by atoms with Crippen LogP contribution >= 0.6 is 0 Å². The van der Waals surface area contributed by atoms with Crippen LogP contribution < -0.4 is 5.69 Å². The second-order valence-electron chi connectivity index (χ2n) is 5.33. The van der Waals surface area contributed by atoms with Crippen molar-refractivity contribution in [3.05, 3.63) is 27.4 Å². The molecule has 0 saturated carbocycles. The van der Waals surface area contributed by atoms with E-state index in [9.17, 15) is 9.59 Å². The van der Waals surface area contributed by atoms with Crippen LogP contribution in [0.25, 0.3) is 0 Å². The zero-order valence-electron chi connectivity index (χ0n) is 12.8. The molecule has 5 nitrogen and oxygen atoms in total. The molecule has 0 bridgehead atoms. The highest BCUT2D eigenvalue weighted by molar-refractivity contribution is 5.70. The number of nitrogens with zero attached hydrogens (tertiary/aromatic N) is 2. The summed E-state index contributed by atoms with van der Waals surface area (Å²) in [7, 11) is 0. The molecule has 1 N–H and O–H groups in total. The minimum Gasteiger partial charge on any atom is -0.481 e. The third-order valence-corrected chi connectivity index (χ3v) is 3.70. The number of carboxylic acid groups (broad SMARTS) is 1. The summed E-state index contributed by atoms with van der Waals surface area (Å²) >= 11 is 0. The minimum atomic E-state index is -0.901. The molecule has 0 spiro atoms. The van der Waals surface area contributed by atoms with E-state index in [1.54, 1.807) is 11.5 Å². The fraction of sp³-hybridized carbons (Fsp3) is 0.667. The molecule has 5 heteroatoms. The van der Waals surface area contributed by atoms with E-state index in [1.807, 2.05) is 13.8 Å². The van der Waals surface area contributed by atoms with E-state index >= 15 is 0 Å². The van der Waals surface area contributed by atoms with E-state index in [2.05, 4.69) is 11.9 Å². The summed E-state index contributed by atoms with van der Waals surface area (Å²) in [5, 5.41) is 8.97. The summed E-state index contributed by atoms with van der Waals surface area (Å²) in [6, 6.07) is 0.0506. The molecular weight excluding hydrogens is 256 g/mol. The Bertz CT molecular complexity index is 535. The fourth-order valence-electron chi connectivity index (χ4n) is 2.56. The van der Waals surface area contributed by atoms with Gasteiger partial charge in [0.2, 0.25) is 0 Å². The van der Waals surface area contributed by atoms with Gasteiger partial charge in [-0.05, 0) is 27.2 Å². The summed E-state index contributed by atoms with van der Waals surface area (Å²) in [4.78, 5) is 27.0. The van der Waals surface area contributed by atoms with E-state index in [0.29, 0.717) is 11.3 Å². The van der Waals surface area contributed by atoms with Crippen LogP contribution in [0.15, 0.2) is 4.79 Å². The summed E-state index contributed by atoms with van der Waals surface area (Å²) in [5.74, 6) is -0.901. The predicted molar refractivity (Wildman–Crippen MR) is 78.2 cm³/mol. The SMILES string of the molecule is CCCCCC(C)n1c(C)c(CC(=O)O)c(C)nc1=O. The predicted octanol–water partition coefficient (Wildman–Crippen LogP) is 2.63. The molecule has 1 aromatic heterocycles. The van der Waals surface area contributed by atoms with Crippen LogP contribution in [0.3, 0.4) is 0 Å². The van der Waals surface area contributed by atoms with Crippen molar-refractivity contribution < 1.29 is 9.90 Å². The lowest BCUT2D eigenvalue weighted by molar-refractivity contribution is -0.136. The van der Waals surface area contributed by atoms with Gasteiger partial charge in [0, 0.05) is 23.0 Å². The van der Waals surface area contributed by atoms with E-state index in [-0.39, 0.29) is 18.2 Å². The van der Waals surface area contributed by atoms with Crippen LogP contribution in [-0.2, 0) is 11.2 Å². The number of rotatable bonds is 7. The first-order valence-electron chi connectivity index (χ1n) is 7.18. The standard InChI is InChI=1S/C15H24N2O3/c1-5-6-7-8-10(2)17-12(4)13(9-14(18)19)11(3)16-15(17)20/h10H,5-9H2,1-4H3,(H,18,19). The molecule has 0 aliphatic heterocycles. The maximum atomic E-state index is 12.1. The lowest BCUT2D eigenvalue weighted by Gasteiger charge is -2.20. The Morgan fingerprint density at radius 3 is 2.55 bits per heavy atom. The molecule has 0 amide bonds. The third kappa shape index (κ3) is 3.92. The maximum Gasteiger partial charge on any atom is 0.348 e. The first kappa shape index (κ1) is 16.4. The molecule has 1 atom stereocenters. The van der Waals surface area contributed by atoms with Crippen LogP contribution in [-0.4, -0.2) is 20.6 Å². The van der Waals surface area contributed by atoms with E-state index in [0.717, 1.165) is 31.4 Å². The Balaban J connectivity index is 3.12. The van der Waals surface area contributed by atoms with E-state index in [4.69, 9.17) is 5.11 Å². The monoisotopic (exact) mass is 280 g/mol. The number of hydrogen-bond donors (Lipinski definition) is 1. The summed E-state index contributed by atoms with van der Waals surface area (Å²) < 4.78 is 1.64. The molecule has 112 valence electrons. The average Bonchev–Trinajstić information content (AvgIpc) is 2.34. The molecular formula is C15H24N2O3. The Morgan fingerprint density at radius 2 is 2.00 bits per heavy atom. The molecule has 0 aromatic carbocycles. The normalized spacial score (nSPS) is 12.4. The lowest BCUT2D eigenvalue weighted by Crippen LogP contribution is -2.30. The van der Waals surface area contributed by atoms with Gasteiger partial charge in [-0.1, -0.05) is 26.2 Å². The largest absolute Gasteiger partial charge is 0.481 e. The number of aryl methyl sites for hydroxylation is 1. The van der Waals surface area contributed by atoms with Gasteiger partial charge in [0.15, 0.2) is 0 Å². The van der Waals surface area contributed by atoms with Crippen molar-refractivity contribution in [1.29, 1.82) is 0 Å². The molecule has 0 aliphatic rings. The first-order valence-corrected chi connectivity index (χ1v) is 7.18. The molecule has 0 saturated heterocycles. The van der Waals surface area contributed by atoms with Gasteiger partial charge in [-0.3, -0.25) is 9.36 Å².